The van der Waals surface area contributed by atoms with Gasteiger partial charge in [0.15, 0.2) is 0 Å². The monoisotopic (exact) mass is 345 g/mol. The summed E-state index contributed by atoms with van der Waals surface area (Å²) in [4.78, 5) is 26.5. The van der Waals surface area contributed by atoms with Crippen LogP contribution in [0.4, 0.5) is 0 Å². The molecule has 1 aliphatic rings. The average Bonchev–Trinajstić information content (AvgIpc) is 2.52. The molecule has 0 N–H and O–H groups in total. The van der Waals surface area contributed by atoms with E-state index >= 15 is 0 Å². The molecule has 6 nitrogen and oxygen atoms in total. The zero-order chi connectivity index (χ0) is 18.2. The number of hydrogen-bond donors (Lipinski definition) is 0. The van der Waals surface area contributed by atoms with Crippen molar-refractivity contribution in [2.75, 3.05) is 20.2 Å². The predicted molar refractivity (Wildman–Crippen MR) is 93.9 cm³/mol. The molecule has 3 rings (SSSR count). The van der Waals surface area contributed by atoms with E-state index < -0.39 is 5.63 Å². The van der Waals surface area contributed by atoms with Crippen molar-refractivity contribution >= 4 is 16.9 Å². The zero-order valence-electron chi connectivity index (χ0n) is 15.0. The molecule has 25 heavy (non-hydrogen) atoms. The van der Waals surface area contributed by atoms with Gasteiger partial charge >= 0.3 is 5.63 Å². The summed E-state index contributed by atoms with van der Waals surface area (Å²) in [6.07, 6.45) is 0.131. The van der Waals surface area contributed by atoms with E-state index in [0.29, 0.717) is 30.0 Å². The Morgan fingerprint density at radius 1 is 1.36 bits per heavy atom. The third kappa shape index (κ3) is 3.85. The van der Waals surface area contributed by atoms with E-state index in [2.05, 4.69) is 0 Å². The van der Waals surface area contributed by atoms with Gasteiger partial charge in [-0.25, -0.2) is 4.79 Å². The van der Waals surface area contributed by atoms with Crippen LogP contribution in [-0.2, 0) is 16.0 Å². The second-order valence-corrected chi connectivity index (χ2v) is 7.09. The van der Waals surface area contributed by atoms with Gasteiger partial charge in [0.2, 0.25) is 5.91 Å². The number of morpholine rings is 1. The molecule has 1 amide bonds. The number of hydrogen-bond acceptors (Lipinski definition) is 5. The summed E-state index contributed by atoms with van der Waals surface area (Å²) in [6.45, 7) is 6.99. The maximum atomic E-state index is 12.8. The van der Waals surface area contributed by atoms with Crippen molar-refractivity contribution in [1.29, 1.82) is 0 Å². The first kappa shape index (κ1) is 17.5. The van der Waals surface area contributed by atoms with Crippen molar-refractivity contribution < 1.29 is 18.7 Å². The summed E-state index contributed by atoms with van der Waals surface area (Å²) in [5, 5.41) is 0.745. The standard InChI is InChI=1S/C19H23NO5/c1-12-10-20(11-19(2,3)25-12)17(21)7-13-8-18(22)24-16-9-14(23-4)5-6-15(13)16/h5-6,8-9,12H,7,10-11H2,1-4H3. The van der Waals surface area contributed by atoms with Crippen LogP contribution < -0.4 is 10.4 Å². The molecule has 0 saturated carbocycles. The van der Waals surface area contributed by atoms with Gasteiger partial charge < -0.3 is 18.8 Å². The molecule has 6 heteroatoms. The van der Waals surface area contributed by atoms with Crippen LogP contribution in [0.2, 0.25) is 0 Å². The molecule has 1 aromatic heterocycles. The minimum Gasteiger partial charge on any atom is -0.497 e. The SMILES string of the molecule is COc1ccc2c(CC(=O)N3CC(C)OC(C)(C)C3)cc(=O)oc2c1. The third-order valence-electron chi connectivity index (χ3n) is 4.30. The summed E-state index contributed by atoms with van der Waals surface area (Å²) < 4.78 is 16.2. The number of methoxy groups -OCH3 is 1. The van der Waals surface area contributed by atoms with Crippen molar-refractivity contribution in [3.05, 3.63) is 40.2 Å². The van der Waals surface area contributed by atoms with Gasteiger partial charge in [-0.3, -0.25) is 4.79 Å². The molecular formula is C19H23NO5. The second-order valence-electron chi connectivity index (χ2n) is 7.09. The number of rotatable bonds is 3. The molecule has 1 atom stereocenters. The van der Waals surface area contributed by atoms with E-state index in [0.717, 1.165) is 5.39 Å². The molecule has 0 radical (unpaired) electrons. The molecule has 134 valence electrons. The van der Waals surface area contributed by atoms with Gasteiger partial charge in [0.05, 0.1) is 25.2 Å². The molecule has 0 aliphatic carbocycles. The number of nitrogens with zero attached hydrogens (tertiary/aromatic N) is 1. The molecule has 0 spiro atoms. The first-order chi connectivity index (χ1) is 11.8. The fraction of sp³-hybridized carbons (Fsp3) is 0.474. The van der Waals surface area contributed by atoms with Crippen LogP contribution in [0, 0.1) is 0 Å². The lowest BCUT2D eigenvalue weighted by Gasteiger charge is -2.41. The van der Waals surface area contributed by atoms with Crippen molar-refractivity contribution in [3.8, 4) is 5.75 Å². The highest BCUT2D eigenvalue weighted by atomic mass is 16.5. The highest BCUT2D eigenvalue weighted by molar-refractivity contribution is 5.87. The molecule has 1 unspecified atom stereocenters. The van der Waals surface area contributed by atoms with Crippen LogP contribution in [0.25, 0.3) is 11.0 Å². The Kier molecular flexibility index (Phi) is 4.56. The molecule has 1 saturated heterocycles. The minimum atomic E-state index is -0.473. The summed E-state index contributed by atoms with van der Waals surface area (Å²) in [6, 6.07) is 6.65. The smallest absolute Gasteiger partial charge is 0.336 e. The fourth-order valence-corrected chi connectivity index (χ4v) is 3.40. The Morgan fingerprint density at radius 3 is 2.80 bits per heavy atom. The average molecular weight is 345 g/mol. The lowest BCUT2D eigenvalue weighted by molar-refractivity contribution is -0.157. The van der Waals surface area contributed by atoms with Crippen molar-refractivity contribution in [1.82, 2.24) is 4.90 Å². The van der Waals surface area contributed by atoms with Gasteiger partial charge in [-0.2, -0.15) is 0 Å². The Balaban J connectivity index is 1.89. The quantitative estimate of drug-likeness (QED) is 0.799. The van der Waals surface area contributed by atoms with E-state index in [-0.39, 0.29) is 24.0 Å². The topological polar surface area (TPSA) is 69.0 Å². The molecule has 1 fully saturated rings. The van der Waals surface area contributed by atoms with Crippen LogP contribution in [-0.4, -0.2) is 42.7 Å². The molecule has 2 heterocycles. The van der Waals surface area contributed by atoms with Crippen LogP contribution in [0.15, 0.2) is 33.5 Å². The lowest BCUT2D eigenvalue weighted by atomic mass is 10.0. The van der Waals surface area contributed by atoms with Gasteiger partial charge in [0.1, 0.15) is 11.3 Å². The maximum Gasteiger partial charge on any atom is 0.336 e. The van der Waals surface area contributed by atoms with Crippen molar-refractivity contribution in [2.45, 2.75) is 38.9 Å². The summed E-state index contributed by atoms with van der Waals surface area (Å²) in [5.41, 5.74) is 0.235. The third-order valence-corrected chi connectivity index (χ3v) is 4.30. The van der Waals surface area contributed by atoms with Gasteiger partial charge in [-0.15, -0.1) is 0 Å². The Hall–Kier alpha value is -2.34. The van der Waals surface area contributed by atoms with E-state index in [1.54, 1.807) is 24.1 Å². The summed E-state index contributed by atoms with van der Waals surface area (Å²) >= 11 is 0. The van der Waals surface area contributed by atoms with Crippen molar-refractivity contribution in [3.63, 3.8) is 0 Å². The number of fused-ring (bicyclic) bond motifs is 1. The van der Waals surface area contributed by atoms with Gasteiger partial charge in [0.25, 0.3) is 0 Å². The van der Waals surface area contributed by atoms with Gasteiger partial charge in [-0.05, 0) is 38.5 Å². The van der Waals surface area contributed by atoms with E-state index in [1.165, 1.54) is 6.07 Å². The first-order valence-corrected chi connectivity index (χ1v) is 8.34. The Morgan fingerprint density at radius 2 is 2.12 bits per heavy atom. The number of amides is 1. The second kappa shape index (κ2) is 6.52. The molecule has 1 aromatic carbocycles. The van der Waals surface area contributed by atoms with Crippen LogP contribution in [0.1, 0.15) is 26.3 Å². The molecule has 2 aromatic rings. The molecule has 0 bridgehead atoms. The number of carbonyl (C=O) groups excluding carboxylic acids is 1. The minimum absolute atomic E-state index is 0.0189. The highest BCUT2D eigenvalue weighted by Gasteiger charge is 2.33. The van der Waals surface area contributed by atoms with E-state index in [4.69, 9.17) is 13.9 Å². The zero-order valence-corrected chi connectivity index (χ0v) is 15.0. The Labute approximate surface area is 146 Å². The van der Waals surface area contributed by atoms with Crippen molar-refractivity contribution in [2.24, 2.45) is 0 Å². The molecular weight excluding hydrogens is 322 g/mol. The largest absolute Gasteiger partial charge is 0.497 e. The van der Waals surface area contributed by atoms with Gasteiger partial charge in [-0.1, -0.05) is 0 Å². The van der Waals surface area contributed by atoms with Crippen LogP contribution in [0.3, 0.4) is 0 Å². The van der Waals surface area contributed by atoms with Crippen LogP contribution in [0.5, 0.6) is 5.75 Å². The maximum absolute atomic E-state index is 12.8. The number of ether oxygens (including phenoxy) is 2. The van der Waals surface area contributed by atoms with Crippen LogP contribution >= 0.6 is 0 Å². The predicted octanol–water partition coefficient (Wildman–Crippen LogP) is 2.37. The Bertz CT molecular complexity index is 855. The summed E-state index contributed by atoms with van der Waals surface area (Å²) in [5.74, 6) is 0.578. The van der Waals surface area contributed by atoms with E-state index in [9.17, 15) is 9.59 Å². The summed E-state index contributed by atoms with van der Waals surface area (Å²) in [7, 11) is 1.55. The number of benzene rings is 1. The number of carbonyl (C=O) groups is 1. The lowest BCUT2D eigenvalue weighted by Crippen LogP contribution is -2.54. The normalized spacial score (nSPS) is 19.8. The van der Waals surface area contributed by atoms with E-state index in [1.807, 2.05) is 26.8 Å². The first-order valence-electron chi connectivity index (χ1n) is 8.34. The van der Waals surface area contributed by atoms with Gasteiger partial charge in [0, 0.05) is 30.6 Å². The highest BCUT2D eigenvalue weighted by Crippen LogP contribution is 2.25. The fourth-order valence-electron chi connectivity index (χ4n) is 3.40. The molecule has 1 aliphatic heterocycles.